The molecule has 26 valence electrons. The van der Waals surface area contributed by atoms with E-state index in [-0.39, 0.29) is 0 Å². The Bertz CT molecular complexity index is 8.75. The van der Waals surface area contributed by atoms with Gasteiger partial charge in [-0.15, -0.1) is 0 Å². The van der Waals surface area contributed by atoms with Gasteiger partial charge in [-0.1, -0.05) is 8.96 Å². The van der Waals surface area contributed by atoms with Crippen molar-refractivity contribution in [3.8, 4) is 0 Å². The van der Waals surface area contributed by atoms with E-state index in [0.29, 0.717) is 0 Å². The second-order valence-electron chi connectivity index (χ2n) is 0.259. The minimum atomic E-state index is -1.50. The summed E-state index contributed by atoms with van der Waals surface area (Å²) in [7, 11) is 0. The quantitative estimate of drug-likeness (QED) is 0.244. The van der Waals surface area contributed by atoms with Gasteiger partial charge in [0.25, 0.3) is 0 Å². The molecule has 2 nitrogen and oxygen atoms in total. The monoisotopic (exact) mass is 68.0 g/mol. The van der Waals surface area contributed by atoms with E-state index in [4.69, 9.17) is 0 Å². The van der Waals surface area contributed by atoms with Gasteiger partial charge in [0.1, 0.15) is 0 Å². The third-order valence-corrected chi connectivity index (χ3v) is 0. The van der Waals surface area contributed by atoms with E-state index in [1.165, 1.54) is 0 Å². The lowest BCUT2D eigenvalue weighted by Gasteiger charge is -1.75. The van der Waals surface area contributed by atoms with Crippen LogP contribution in [0.25, 0.3) is 0 Å². The number of hydrogen-bond donors (Lipinski definition) is 1. The number of hydrogen-bond acceptors (Lipinski definition) is 2. The summed E-state index contributed by atoms with van der Waals surface area (Å²) < 4.78 is 19.9. The molecule has 4 heteroatoms. The van der Waals surface area contributed by atoms with Crippen LogP contribution < -0.4 is 5.84 Å². The van der Waals surface area contributed by atoms with E-state index in [1.54, 1.807) is 0 Å². The molecule has 0 amide bonds. The minimum Gasteiger partial charge on any atom is -0.211 e. The van der Waals surface area contributed by atoms with Gasteiger partial charge in [0, 0.05) is 0 Å². The predicted octanol–water partition coefficient (Wildman–Crippen LogP) is -0.0689. The Labute approximate surface area is 21.6 Å². The molecule has 0 bridgehead atoms. The summed E-state index contributed by atoms with van der Waals surface area (Å²) in [6.45, 7) is 0. The van der Waals surface area contributed by atoms with E-state index < -0.39 is 5.45 Å². The van der Waals surface area contributed by atoms with Crippen LogP contribution in [-0.2, 0) is 0 Å². The van der Waals surface area contributed by atoms with Crippen LogP contribution >= 0.6 is 0 Å². The molecule has 0 saturated heterocycles. The number of nitrogens with two attached hydrogens (primary N) is 1. The molecule has 0 fully saturated rings. The van der Waals surface area contributed by atoms with Crippen LogP contribution in [0, 0.1) is 0 Å². The second kappa shape index (κ2) is 1.14. The molecule has 0 radical (unpaired) electrons. The summed E-state index contributed by atoms with van der Waals surface area (Å²) in [6.07, 6.45) is 0. The number of halogens is 2. The zero-order valence-corrected chi connectivity index (χ0v) is 1.78. The van der Waals surface area contributed by atoms with Crippen molar-refractivity contribution in [2.24, 2.45) is 5.84 Å². The Kier molecular flexibility index (Phi) is 1.08. The minimum absolute atomic E-state index is 1.50. The molecule has 0 heterocycles. The fourth-order valence-electron chi connectivity index (χ4n) is 0. The maximum atomic E-state index is 9.94. The molecule has 0 saturated carbocycles. The van der Waals surface area contributed by atoms with E-state index in [9.17, 15) is 8.96 Å². The smallest absolute Gasteiger partial charge is 0.0926 e. The first-order chi connectivity index (χ1) is 1.73. The molecule has 0 atom stereocenters. The molecule has 2 N–H and O–H groups in total. The van der Waals surface area contributed by atoms with Crippen molar-refractivity contribution in [3.05, 3.63) is 0 Å². The van der Waals surface area contributed by atoms with Gasteiger partial charge in [-0.3, -0.25) is 0 Å². The van der Waals surface area contributed by atoms with Gasteiger partial charge in [-0.2, -0.15) is 0 Å². The molecular formula is H2F2N2. The van der Waals surface area contributed by atoms with Gasteiger partial charge >= 0.3 is 0 Å². The number of hydrazine groups is 1. The van der Waals surface area contributed by atoms with Crippen molar-refractivity contribution >= 4 is 0 Å². The van der Waals surface area contributed by atoms with Gasteiger partial charge in [0.15, 0.2) is 0 Å². The van der Waals surface area contributed by atoms with Gasteiger partial charge in [-0.25, -0.2) is 5.84 Å². The Hall–Kier alpha value is -0.220. The van der Waals surface area contributed by atoms with Crippen molar-refractivity contribution in [3.63, 3.8) is 0 Å². The Morgan fingerprint density at radius 1 is 1.50 bits per heavy atom. The lowest BCUT2D eigenvalue weighted by Crippen LogP contribution is -2.07. The molecule has 0 spiro atoms. The second-order valence-corrected chi connectivity index (χ2v) is 0.259. The van der Waals surface area contributed by atoms with Crippen molar-refractivity contribution in [2.75, 3.05) is 0 Å². The summed E-state index contributed by atoms with van der Waals surface area (Å²) in [6, 6.07) is 0. The first-order valence-electron chi connectivity index (χ1n) is 0.596. The summed E-state index contributed by atoms with van der Waals surface area (Å²) in [5, 5.41) is 0. The molecule has 0 aliphatic heterocycles. The van der Waals surface area contributed by atoms with Crippen LogP contribution in [0.15, 0.2) is 0 Å². The highest BCUT2D eigenvalue weighted by Crippen LogP contribution is 1.66. The Morgan fingerprint density at radius 3 is 1.50 bits per heavy atom. The molecule has 0 aliphatic rings. The van der Waals surface area contributed by atoms with Crippen molar-refractivity contribution in [1.29, 1.82) is 0 Å². The van der Waals surface area contributed by atoms with E-state index in [0.717, 1.165) is 0 Å². The van der Waals surface area contributed by atoms with Crippen LogP contribution in [0.3, 0.4) is 0 Å². The van der Waals surface area contributed by atoms with Crippen LogP contribution in [0.4, 0.5) is 8.96 Å². The van der Waals surface area contributed by atoms with Crippen LogP contribution in [0.2, 0.25) is 0 Å². The van der Waals surface area contributed by atoms with E-state index in [1.807, 2.05) is 0 Å². The lowest BCUT2D eigenvalue weighted by molar-refractivity contribution is -0.155. The molecule has 0 rings (SSSR count). The first-order valence-corrected chi connectivity index (χ1v) is 0.596. The summed E-state index contributed by atoms with van der Waals surface area (Å²) in [5.74, 6) is 3.61. The van der Waals surface area contributed by atoms with Gasteiger partial charge in [0.05, 0.1) is 5.45 Å². The van der Waals surface area contributed by atoms with E-state index >= 15 is 0 Å². The third-order valence-electron chi connectivity index (χ3n) is 0. The predicted molar refractivity (Wildman–Crippen MR) is 8.24 cm³/mol. The maximum Gasteiger partial charge on any atom is 0.0926 e. The van der Waals surface area contributed by atoms with Gasteiger partial charge in [0.2, 0.25) is 0 Å². The molecule has 0 aromatic rings. The fraction of sp³-hybridized carbons (Fsp3) is 0. The molecule has 0 aromatic heterocycles. The number of rotatable bonds is 0. The maximum absolute atomic E-state index is 9.94. The lowest BCUT2D eigenvalue weighted by atomic mass is 12.8. The Balaban J connectivity index is 2.32. The molecule has 4 heavy (non-hydrogen) atoms. The summed E-state index contributed by atoms with van der Waals surface area (Å²) in [5.41, 5.74) is -1.50. The molecule has 0 unspecified atom stereocenters. The zero-order chi connectivity index (χ0) is 3.58. The highest BCUT2D eigenvalue weighted by Gasteiger charge is 1.72. The largest absolute Gasteiger partial charge is 0.211 e. The zero-order valence-electron chi connectivity index (χ0n) is 1.78. The van der Waals surface area contributed by atoms with Crippen molar-refractivity contribution in [2.45, 2.75) is 0 Å². The SMILES string of the molecule is NN(F)F. The Morgan fingerprint density at radius 2 is 1.50 bits per heavy atom. The van der Waals surface area contributed by atoms with Crippen LogP contribution in [0.1, 0.15) is 0 Å². The third kappa shape index (κ3) is 22.4. The van der Waals surface area contributed by atoms with Gasteiger partial charge < -0.3 is 0 Å². The van der Waals surface area contributed by atoms with Gasteiger partial charge in [-0.05, 0) is 0 Å². The topological polar surface area (TPSA) is 29.3 Å². The molecule has 0 aromatic carbocycles. The van der Waals surface area contributed by atoms with Crippen LogP contribution in [0.5, 0.6) is 0 Å². The highest BCUT2D eigenvalue weighted by atomic mass is 19.4. The van der Waals surface area contributed by atoms with E-state index in [2.05, 4.69) is 5.84 Å². The average molecular weight is 68.0 g/mol. The normalized spacial score (nSPS) is 9.00. The molecule has 0 aliphatic carbocycles. The van der Waals surface area contributed by atoms with Crippen molar-refractivity contribution < 1.29 is 8.96 Å². The first kappa shape index (κ1) is 3.78. The average Bonchev–Trinajstić information content (AvgIpc) is 0.811. The van der Waals surface area contributed by atoms with Crippen molar-refractivity contribution in [1.82, 2.24) is 5.45 Å². The summed E-state index contributed by atoms with van der Waals surface area (Å²) >= 11 is 0. The standard InChI is InChI=1S/F2H2N2/c1-4(2)3/h3H2. The fourth-order valence-corrected chi connectivity index (χ4v) is 0. The van der Waals surface area contributed by atoms with Crippen LogP contribution in [-0.4, -0.2) is 5.45 Å². The number of nitrogens with zero attached hydrogens (tertiary/aromatic N) is 1. The molecular weight excluding hydrogens is 66.0 g/mol. The highest BCUT2D eigenvalue weighted by molar-refractivity contribution is 3.49. The summed E-state index contributed by atoms with van der Waals surface area (Å²) in [4.78, 5) is 0.